The van der Waals surface area contributed by atoms with E-state index in [0.717, 1.165) is 28.2 Å². The van der Waals surface area contributed by atoms with Crippen molar-refractivity contribution in [3.05, 3.63) is 93.2 Å². The van der Waals surface area contributed by atoms with Crippen molar-refractivity contribution < 1.29 is 28.2 Å². The fourth-order valence-electron chi connectivity index (χ4n) is 3.53. The lowest BCUT2D eigenvalue weighted by atomic mass is 10.1. The van der Waals surface area contributed by atoms with E-state index < -0.39 is 23.7 Å². The Bertz CT molecular complexity index is 1350. The number of carbonyl (C=O) groups is 3. The summed E-state index contributed by atoms with van der Waals surface area (Å²) in [7, 11) is 0. The number of urea groups is 1. The van der Waals surface area contributed by atoms with Gasteiger partial charge in [0, 0.05) is 4.47 Å². The summed E-state index contributed by atoms with van der Waals surface area (Å²) in [5, 5.41) is 2.15. The smallest absolute Gasteiger partial charge is 0.335 e. The zero-order valence-corrected chi connectivity index (χ0v) is 21.1. The molecular formula is C27H22BrFN2O5. The normalized spacial score (nSPS) is 14.7. The Morgan fingerprint density at radius 3 is 2.31 bits per heavy atom. The quantitative estimate of drug-likeness (QED) is 0.307. The van der Waals surface area contributed by atoms with Crippen LogP contribution in [0.15, 0.2) is 70.7 Å². The number of nitrogens with zero attached hydrogens (tertiary/aromatic N) is 1. The summed E-state index contributed by atoms with van der Waals surface area (Å²) in [4.78, 5) is 38.8. The summed E-state index contributed by atoms with van der Waals surface area (Å²) in [6, 6.07) is 15.2. The Balaban J connectivity index is 1.65. The number of carbonyl (C=O) groups excluding carboxylic acids is 3. The van der Waals surface area contributed by atoms with Crippen molar-refractivity contribution in [1.82, 2.24) is 5.32 Å². The Labute approximate surface area is 215 Å². The second-order valence-electron chi connectivity index (χ2n) is 7.96. The molecule has 0 aliphatic carbocycles. The molecule has 0 bridgehead atoms. The van der Waals surface area contributed by atoms with Gasteiger partial charge >= 0.3 is 6.03 Å². The molecule has 1 aliphatic rings. The maximum atomic E-state index is 13.3. The number of benzene rings is 3. The predicted molar refractivity (Wildman–Crippen MR) is 136 cm³/mol. The van der Waals surface area contributed by atoms with Gasteiger partial charge in [-0.1, -0.05) is 45.8 Å². The van der Waals surface area contributed by atoms with E-state index in [4.69, 9.17) is 9.47 Å². The zero-order chi connectivity index (χ0) is 25.8. The molecule has 9 heteroatoms. The number of ether oxygens (including phenoxy) is 2. The van der Waals surface area contributed by atoms with Crippen LogP contribution in [0.2, 0.25) is 0 Å². The summed E-state index contributed by atoms with van der Waals surface area (Å²) >= 11 is 3.47. The maximum absolute atomic E-state index is 13.3. The van der Waals surface area contributed by atoms with Crippen LogP contribution < -0.4 is 19.7 Å². The van der Waals surface area contributed by atoms with Gasteiger partial charge in [-0.25, -0.2) is 14.1 Å². The van der Waals surface area contributed by atoms with Crippen molar-refractivity contribution in [1.29, 1.82) is 0 Å². The van der Waals surface area contributed by atoms with Crippen LogP contribution in [0.1, 0.15) is 23.6 Å². The molecule has 0 aromatic heterocycles. The van der Waals surface area contributed by atoms with Gasteiger partial charge in [-0.2, -0.15) is 0 Å². The van der Waals surface area contributed by atoms with Crippen LogP contribution >= 0.6 is 15.9 Å². The molecule has 3 aromatic carbocycles. The lowest BCUT2D eigenvalue weighted by Crippen LogP contribution is -2.54. The number of aryl methyl sites for hydroxylation is 1. The predicted octanol–water partition coefficient (Wildman–Crippen LogP) is 5.54. The van der Waals surface area contributed by atoms with Crippen LogP contribution in [0.3, 0.4) is 0 Å². The Morgan fingerprint density at radius 1 is 0.972 bits per heavy atom. The molecule has 1 aliphatic heterocycles. The lowest BCUT2D eigenvalue weighted by Gasteiger charge is -2.26. The number of imide groups is 2. The first-order chi connectivity index (χ1) is 17.3. The van der Waals surface area contributed by atoms with Gasteiger partial charge in [-0.3, -0.25) is 14.9 Å². The number of hydrogen-bond acceptors (Lipinski definition) is 5. The average molecular weight is 553 g/mol. The number of nitrogens with one attached hydrogen (secondary N) is 1. The van der Waals surface area contributed by atoms with E-state index in [1.165, 1.54) is 18.2 Å². The minimum atomic E-state index is -0.914. The molecule has 0 saturated carbocycles. The first-order valence-corrected chi connectivity index (χ1v) is 11.9. The molecule has 4 rings (SSSR count). The largest absolute Gasteiger partial charge is 0.490 e. The molecule has 1 heterocycles. The van der Waals surface area contributed by atoms with E-state index in [1.54, 1.807) is 12.1 Å². The van der Waals surface area contributed by atoms with Crippen molar-refractivity contribution >= 4 is 45.5 Å². The molecule has 1 fully saturated rings. The second-order valence-corrected chi connectivity index (χ2v) is 8.82. The van der Waals surface area contributed by atoms with E-state index in [2.05, 4.69) is 21.2 Å². The molecule has 184 valence electrons. The number of halogens is 2. The number of rotatable bonds is 7. The minimum absolute atomic E-state index is 0.131. The molecule has 0 spiro atoms. The third kappa shape index (κ3) is 5.46. The molecular weight excluding hydrogens is 531 g/mol. The van der Waals surface area contributed by atoms with Gasteiger partial charge in [0.2, 0.25) is 0 Å². The highest BCUT2D eigenvalue weighted by atomic mass is 79.9. The fourth-order valence-corrected chi connectivity index (χ4v) is 3.96. The van der Waals surface area contributed by atoms with Gasteiger partial charge < -0.3 is 9.47 Å². The SMILES string of the molecule is CCOc1cc(/C=C2\C(=O)NC(=O)N(c3ccc(F)cc3)C2=O)c(Br)cc1OCc1ccc(C)cc1. The summed E-state index contributed by atoms with van der Waals surface area (Å²) < 4.78 is 25.6. The van der Waals surface area contributed by atoms with Gasteiger partial charge in [0.05, 0.1) is 12.3 Å². The van der Waals surface area contributed by atoms with E-state index in [-0.39, 0.29) is 11.3 Å². The molecule has 1 N–H and O–H groups in total. The van der Waals surface area contributed by atoms with Crippen molar-refractivity contribution in [2.24, 2.45) is 0 Å². The highest BCUT2D eigenvalue weighted by molar-refractivity contribution is 9.10. The van der Waals surface area contributed by atoms with Gasteiger partial charge in [0.25, 0.3) is 11.8 Å². The molecule has 0 unspecified atom stereocenters. The third-order valence-corrected chi connectivity index (χ3v) is 6.05. The van der Waals surface area contributed by atoms with Crippen molar-refractivity contribution in [3.8, 4) is 11.5 Å². The second kappa shape index (κ2) is 10.7. The lowest BCUT2D eigenvalue weighted by molar-refractivity contribution is -0.122. The van der Waals surface area contributed by atoms with Crippen molar-refractivity contribution in [2.45, 2.75) is 20.5 Å². The van der Waals surface area contributed by atoms with Gasteiger partial charge in [0.1, 0.15) is 18.0 Å². The summed E-state index contributed by atoms with van der Waals surface area (Å²) in [5.74, 6) is -1.29. The molecule has 0 radical (unpaired) electrons. The Morgan fingerprint density at radius 2 is 1.64 bits per heavy atom. The van der Waals surface area contributed by atoms with Crippen LogP contribution in [0.25, 0.3) is 6.08 Å². The minimum Gasteiger partial charge on any atom is -0.490 e. The van der Waals surface area contributed by atoms with Gasteiger partial charge in [-0.15, -0.1) is 0 Å². The summed E-state index contributed by atoms with van der Waals surface area (Å²) in [6.07, 6.45) is 1.36. The first kappa shape index (κ1) is 25.1. The molecule has 7 nitrogen and oxygen atoms in total. The highest BCUT2D eigenvalue weighted by Crippen LogP contribution is 2.36. The number of anilines is 1. The molecule has 0 atom stereocenters. The molecule has 3 aromatic rings. The van der Waals surface area contributed by atoms with Gasteiger partial charge in [0.15, 0.2) is 11.5 Å². The molecule has 1 saturated heterocycles. The molecule has 36 heavy (non-hydrogen) atoms. The van der Waals surface area contributed by atoms with Crippen LogP contribution in [0.5, 0.6) is 11.5 Å². The zero-order valence-electron chi connectivity index (χ0n) is 19.5. The van der Waals surface area contributed by atoms with Crippen LogP contribution in [0, 0.1) is 12.7 Å². The van der Waals surface area contributed by atoms with E-state index in [1.807, 2.05) is 38.1 Å². The van der Waals surface area contributed by atoms with E-state index in [9.17, 15) is 18.8 Å². The fraction of sp³-hybridized carbons (Fsp3) is 0.148. The van der Waals surface area contributed by atoms with Crippen LogP contribution in [-0.4, -0.2) is 24.5 Å². The summed E-state index contributed by atoms with van der Waals surface area (Å²) in [6.45, 7) is 4.52. The standard InChI is InChI=1S/C27H22BrFN2O5/c1-3-35-23-13-18(22(28)14-24(23)36-15-17-6-4-16(2)5-7-17)12-21-25(32)30-27(34)31(26(21)33)20-10-8-19(29)9-11-20/h4-14H,3,15H2,1-2H3,(H,30,32,34)/b21-12+. The average Bonchev–Trinajstić information content (AvgIpc) is 2.84. The maximum Gasteiger partial charge on any atom is 0.335 e. The van der Waals surface area contributed by atoms with Crippen LogP contribution in [0.4, 0.5) is 14.9 Å². The topological polar surface area (TPSA) is 84.9 Å². The first-order valence-electron chi connectivity index (χ1n) is 11.1. The number of hydrogen-bond donors (Lipinski definition) is 1. The molecule has 4 amide bonds. The monoisotopic (exact) mass is 552 g/mol. The Kier molecular flexibility index (Phi) is 7.49. The highest BCUT2D eigenvalue weighted by Gasteiger charge is 2.37. The number of barbiturate groups is 1. The van der Waals surface area contributed by atoms with Crippen molar-refractivity contribution in [3.63, 3.8) is 0 Å². The Hall–Kier alpha value is -3.98. The van der Waals surface area contributed by atoms with Gasteiger partial charge in [-0.05, 0) is 67.4 Å². The number of amides is 4. The van der Waals surface area contributed by atoms with Crippen molar-refractivity contribution in [2.75, 3.05) is 11.5 Å². The van der Waals surface area contributed by atoms with Crippen LogP contribution in [-0.2, 0) is 16.2 Å². The summed E-state index contributed by atoms with van der Waals surface area (Å²) in [5.41, 5.74) is 2.46. The third-order valence-electron chi connectivity index (χ3n) is 5.36. The van der Waals surface area contributed by atoms with E-state index in [0.29, 0.717) is 34.7 Å². The van der Waals surface area contributed by atoms with E-state index >= 15 is 0 Å².